The molecule has 1 aromatic carbocycles. The Balaban J connectivity index is 2.36. The van der Waals surface area contributed by atoms with Gasteiger partial charge in [0.15, 0.2) is 0 Å². The van der Waals surface area contributed by atoms with Crippen LogP contribution in [0.1, 0.15) is 12.5 Å². The van der Waals surface area contributed by atoms with E-state index in [2.05, 4.69) is 9.84 Å². The van der Waals surface area contributed by atoms with Gasteiger partial charge in [0.2, 0.25) is 0 Å². The Morgan fingerprint density at radius 1 is 1.32 bits per heavy atom. The van der Waals surface area contributed by atoms with Gasteiger partial charge in [-0.05, 0) is 6.92 Å². The first-order valence-corrected chi connectivity index (χ1v) is 7.08. The molecule has 0 bridgehead atoms. The predicted octanol–water partition coefficient (Wildman–Crippen LogP) is 1.92. The maximum atomic E-state index is 14.4. The third-order valence-corrected chi connectivity index (χ3v) is 3.11. The maximum Gasteiger partial charge on any atom is 0.386 e. The topological polar surface area (TPSA) is 51.1 Å². The SMILES string of the molecule is CCOC(=O)C(F)(F)/C(=N/N1CCOCC1)c1ccccc1. The summed E-state index contributed by atoms with van der Waals surface area (Å²) in [5.74, 6) is -5.40. The molecule has 0 unspecified atom stereocenters. The molecule has 0 atom stereocenters. The van der Waals surface area contributed by atoms with E-state index in [1.165, 1.54) is 24.1 Å². The van der Waals surface area contributed by atoms with Gasteiger partial charge in [-0.1, -0.05) is 30.3 Å². The summed E-state index contributed by atoms with van der Waals surface area (Å²) in [5, 5.41) is 5.49. The summed E-state index contributed by atoms with van der Waals surface area (Å²) < 4.78 is 38.5. The van der Waals surface area contributed by atoms with Gasteiger partial charge in [-0.2, -0.15) is 13.9 Å². The molecule has 1 heterocycles. The molecule has 22 heavy (non-hydrogen) atoms. The van der Waals surface area contributed by atoms with E-state index in [1.807, 2.05) is 0 Å². The molecule has 7 heteroatoms. The second-order valence-electron chi connectivity index (χ2n) is 4.68. The lowest BCUT2D eigenvalue weighted by molar-refractivity contribution is -0.162. The van der Waals surface area contributed by atoms with Crippen LogP contribution in [0.3, 0.4) is 0 Å². The second kappa shape index (κ2) is 7.31. The van der Waals surface area contributed by atoms with Crippen LogP contribution in [0.5, 0.6) is 0 Å². The van der Waals surface area contributed by atoms with Crippen molar-refractivity contribution in [3.8, 4) is 0 Å². The molecule has 1 aliphatic rings. The summed E-state index contributed by atoms with van der Waals surface area (Å²) in [6.07, 6.45) is 0. The van der Waals surface area contributed by atoms with Crippen molar-refractivity contribution in [1.82, 2.24) is 5.01 Å². The van der Waals surface area contributed by atoms with E-state index in [1.54, 1.807) is 18.2 Å². The lowest BCUT2D eigenvalue weighted by atomic mass is 10.0. The monoisotopic (exact) mass is 312 g/mol. The lowest BCUT2D eigenvalue weighted by Gasteiger charge is -2.26. The van der Waals surface area contributed by atoms with E-state index in [0.717, 1.165) is 0 Å². The van der Waals surface area contributed by atoms with Crippen LogP contribution in [-0.4, -0.2) is 55.5 Å². The summed E-state index contributed by atoms with van der Waals surface area (Å²) in [6.45, 7) is 2.99. The fourth-order valence-corrected chi connectivity index (χ4v) is 2.01. The molecule has 0 aromatic heterocycles. The van der Waals surface area contributed by atoms with Gasteiger partial charge in [0, 0.05) is 5.56 Å². The number of benzene rings is 1. The summed E-state index contributed by atoms with van der Waals surface area (Å²) >= 11 is 0. The molecule has 1 saturated heterocycles. The Labute approximate surface area is 127 Å². The van der Waals surface area contributed by atoms with Gasteiger partial charge in [0.1, 0.15) is 5.71 Å². The summed E-state index contributed by atoms with van der Waals surface area (Å²) in [4.78, 5) is 11.6. The van der Waals surface area contributed by atoms with E-state index >= 15 is 0 Å². The number of nitrogens with zero attached hydrogens (tertiary/aromatic N) is 2. The van der Waals surface area contributed by atoms with Crippen molar-refractivity contribution in [2.75, 3.05) is 32.9 Å². The van der Waals surface area contributed by atoms with Crippen molar-refractivity contribution < 1.29 is 23.0 Å². The Kier molecular flexibility index (Phi) is 5.43. The third-order valence-electron chi connectivity index (χ3n) is 3.11. The average molecular weight is 312 g/mol. The minimum absolute atomic E-state index is 0.117. The lowest BCUT2D eigenvalue weighted by Crippen LogP contribution is -2.43. The second-order valence-corrected chi connectivity index (χ2v) is 4.68. The van der Waals surface area contributed by atoms with Crippen LogP contribution in [0.15, 0.2) is 35.4 Å². The van der Waals surface area contributed by atoms with Crippen molar-refractivity contribution in [1.29, 1.82) is 0 Å². The Morgan fingerprint density at radius 2 is 1.95 bits per heavy atom. The number of hydrogen-bond acceptors (Lipinski definition) is 5. The van der Waals surface area contributed by atoms with Crippen molar-refractivity contribution >= 4 is 11.7 Å². The molecule has 0 aliphatic carbocycles. The number of alkyl halides is 2. The average Bonchev–Trinajstić information content (AvgIpc) is 2.54. The number of halogens is 2. The zero-order valence-corrected chi connectivity index (χ0v) is 12.3. The van der Waals surface area contributed by atoms with Gasteiger partial charge in [-0.25, -0.2) is 4.79 Å². The molecular weight excluding hydrogens is 294 g/mol. The van der Waals surface area contributed by atoms with Crippen LogP contribution in [0.25, 0.3) is 0 Å². The highest BCUT2D eigenvalue weighted by atomic mass is 19.3. The highest BCUT2D eigenvalue weighted by Crippen LogP contribution is 2.24. The zero-order valence-electron chi connectivity index (χ0n) is 12.3. The third kappa shape index (κ3) is 3.79. The first kappa shape index (κ1) is 16.4. The Bertz CT molecular complexity index is 529. The molecule has 0 radical (unpaired) electrons. The molecule has 2 rings (SSSR count). The highest BCUT2D eigenvalue weighted by molar-refractivity contribution is 6.16. The molecule has 1 fully saturated rings. The Morgan fingerprint density at radius 3 is 2.55 bits per heavy atom. The molecule has 0 amide bonds. The molecule has 120 valence electrons. The summed E-state index contributed by atoms with van der Waals surface area (Å²) in [6, 6.07) is 7.92. The largest absolute Gasteiger partial charge is 0.461 e. The number of hydrogen-bond donors (Lipinski definition) is 0. The standard InChI is InChI=1S/C15H18F2N2O3/c1-2-22-14(20)15(16,17)13(12-6-4-3-5-7-12)18-19-8-10-21-11-9-19/h3-7H,2,8-11H2,1H3/b18-13+. The van der Waals surface area contributed by atoms with Gasteiger partial charge in [0.25, 0.3) is 0 Å². The van der Waals surface area contributed by atoms with Crippen molar-refractivity contribution in [3.05, 3.63) is 35.9 Å². The van der Waals surface area contributed by atoms with Gasteiger partial charge < -0.3 is 9.47 Å². The smallest absolute Gasteiger partial charge is 0.386 e. The van der Waals surface area contributed by atoms with Gasteiger partial charge in [-0.3, -0.25) is 5.01 Å². The Hall–Kier alpha value is -2.02. The van der Waals surface area contributed by atoms with E-state index in [0.29, 0.717) is 26.3 Å². The highest BCUT2D eigenvalue weighted by Gasteiger charge is 2.47. The maximum absolute atomic E-state index is 14.4. The van der Waals surface area contributed by atoms with Crippen LogP contribution in [-0.2, 0) is 14.3 Å². The van der Waals surface area contributed by atoms with Crippen LogP contribution >= 0.6 is 0 Å². The van der Waals surface area contributed by atoms with Gasteiger partial charge in [-0.15, -0.1) is 0 Å². The normalized spacial score (nSPS) is 16.5. The van der Waals surface area contributed by atoms with E-state index in [9.17, 15) is 13.6 Å². The number of esters is 1. The van der Waals surface area contributed by atoms with E-state index in [-0.39, 0.29) is 12.2 Å². The molecule has 0 N–H and O–H groups in total. The summed E-state index contributed by atoms with van der Waals surface area (Å²) in [7, 11) is 0. The number of ether oxygens (including phenoxy) is 2. The molecule has 0 saturated carbocycles. The van der Waals surface area contributed by atoms with Crippen LogP contribution < -0.4 is 0 Å². The van der Waals surface area contributed by atoms with Crippen molar-refractivity contribution in [2.24, 2.45) is 5.10 Å². The fourth-order valence-electron chi connectivity index (χ4n) is 2.01. The molecule has 5 nitrogen and oxygen atoms in total. The van der Waals surface area contributed by atoms with E-state index < -0.39 is 17.6 Å². The molecule has 1 aromatic rings. The number of carbonyl (C=O) groups is 1. The minimum atomic E-state index is -3.81. The number of morpholine rings is 1. The van der Waals surface area contributed by atoms with Crippen molar-refractivity contribution in [2.45, 2.75) is 12.8 Å². The molecular formula is C15H18F2N2O3. The van der Waals surface area contributed by atoms with E-state index in [4.69, 9.17) is 4.74 Å². The van der Waals surface area contributed by atoms with Gasteiger partial charge >= 0.3 is 11.9 Å². The van der Waals surface area contributed by atoms with Crippen molar-refractivity contribution in [3.63, 3.8) is 0 Å². The molecule has 1 aliphatic heterocycles. The summed E-state index contributed by atoms with van der Waals surface area (Å²) in [5.41, 5.74) is -0.416. The first-order chi connectivity index (χ1) is 10.6. The predicted molar refractivity (Wildman–Crippen MR) is 77.0 cm³/mol. The molecule has 0 spiro atoms. The van der Waals surface area contributed by atoms with Crippen LogP contribution in [0.4, 0.5) is 8.78 Å². The number of hydrazone groups is 1. The number of carbonyl (C=O) groups excluding carboxylic acids is 1. The fraction of sp³-hybridized carbons (Fsp3) is 0.467. The van der Waals surface area contributed by atoms with Crippen LogP contribution in [0, 0.1) is 0 Å². The zero-order chi connectivity index (χ0) is 16.0. The van der Waals surface area contributed by atoms with Crippen LogP contribution in [0.2, 0.25) is 0 Å². The quantitative estimate of drug-likeness (QED) is 0.616. The first-order valence-electron chi connectivity index (χ1n) is 7.08. The van der Waals surface area contributed by atoms with Gasteiger partial charge in [0.05, 0.1) is 32.9 Å². The number of rotatable bonds is 5. The minimum Gasteiger partial charge on any atom is -0.461 e.